The Balaban J connectivity index is 1.75. The first-order valence-electron chi connectivity index (χ1n) is 8.19. The van der Waals surface area contributed by atoms with Gasteiger partial charge in [-0.05, 0) is 24.6 Å². The summed E-state index contributed by atoms with van der Waals surface area (Å²) < 4.78 is 10.7. The van der Waals surface area contributed by atoms with E-state index in [2.05, 4.69) is 20.8 Å². The molecular weight excluding hydrogens is 404 g/mol. The number of fused-ring (bicyclic) bond motifs is 1. The molecule has 0 aliphatic carbocycles. The van der Waals surface area contributed by atoms with E-state index in [-0.39, 0.29) is 12.5 Å². The maximum atomic E-state index is 11.9. The quantitative estimate of drug-likeness (QED) is 0.353. The van der Waals surface area contributed by atoms with Gasteiger partial charge >= 0.3 is 11.7 Å². The van der Waals surface area contributed by atoms with E-state index in [0.29, 0.717) is 26.5 Å². The molecule has 0 saturated heterocycles. The number of ether oxygens (including phenoxy) is 1. The number of carbonyl (C=O) groups excluding carboxylic acids is 2. The zero-order chi connectivity index (χ0) is 20.1. The monoisotopic (exact) mass is 420 g/mol. The van der Waals surface area contributed by atoms with Gasteiger partial charge in [0.15, 0.2) is 4.34 Å². The summed E-state index contributed by atoms with van der Waals surface area (Å²) >= 11 is 2.58. The Morgan fingerprint density at radius 1 is 1.25 bits per heavy atom. The van der Waals surface area contributed by atoms with Gasteiger partial charge in [-0.25, -0.2) is 9.59 Å². The highest BCUT2D eigenvalue weighted by atomic mass is 32.2. The van der Waals surface area contributed by atoms with E-state index < -0.39 is 11.7 Å². The lowest BCUT2D eigenvalue weighted by Crippen LogP contribution is -2.12. The van der Waals surface area contributed by atoms with Gasteiger partial charge in [0.1, 0.15) is 5.58 Å². The maximum Gasteiger partial charge on any atom is 0.413 e. The number of amides is 2. The minimum absolute atomic E-state index is 0.211. The van der Waals surface area contributed by atoms with Crippen molar-refractivity contribution in [3.63, 3.8) is 0 Å². The zero-order valence-corrected chi connectivity index (χ0v) is 16.6. The van der Waals surface area contributed by atoms with Crippen molar-refractivity contribution in [1.29, 1.82) is 0 Å². The molecule has 0 spiro atoms. The van der Waals surface area contributed by atoms with Crippen molar-refractivity contribution in [3.8, 4) is 0 Å². The first kappa shape index (κ1) is 19.8. The summed E-state index contributed by atoms with van der Waals surface area (Å²) in [6, 6.07) is 6.56. The van der Waals surface area contributed by atoms with Crippen LogP contribution in [0.1, 0.15) is 19.4 Å². The lowest BCUT2D eigenvalue weighted by Gasteiger charge is -2.06. The molecule has 2 heterocycles. The van der Waals surface area contributed by atoms with Gasteiger partial charge in [-0.3, -0.25) is 10.1 Å². The zero-order valence-electron chi connectivity index (χ0n) is 15.0. The Labute approximate surface area is 167 Å². The van der Waals surface area contributed by atoms with Crippen LogP contribution in [0.4, 0.5) is 15.6 Å². The molecule has 9 nitrogen and oxygen atoms in total. The number of thioether (sulfide) groups is 1. The molecule has 0 atom stereocenters. The normalized spacial score (nSPS) is 10.6. The number of hydrogen-bond donors (Lipinski definition) is 2. The largest absolute Gasteiger partial charge is 0.450 e. The van der Waals surface area contributed by atoms with Gasteiger partial charge in [0, 0.05) is 35.9 Å². The molecule has 0 saturated carbocycles. The highest BCUT2D eigenvalue weighted by molar-refractivity contribution is 8.00. The van der Waals surface area contributed by atoms with E-state index >= 15 is 0 Å². The number of carbonyl (C=O) groups is 2. The van der Waals surface area contributed by atoms with Crippen molar-refractivity contribution in [2.75, 3.05) is 17.2 Å². The van der Waals surface area contributed by atoms with Crippen molar-refractivity contribution in [3.05, 3.63) is 40.2 Å². The molecule has 1 aromatic carbocycles. The molecule has 0 aliphatic rings. The molecule has 2 amide bonds. The molecule has 0 aliphatic heterocycles. The fourth-order valence-corrected chi connectivity index (χ4v) is 4.07. The molecule has 0 fully saturated rings. The average molecular weight is 420 g/mol. The standard InChI is InChI=1S/C17H16N4O5S2/c1-3-25-16(24)19-15-20-21-17(28-15)27-8-10-6-14(23)26-13-7-11(18-9(2)22)4-5-12(10)13/h4-7H,3,8H2,1-2H3,(H,18,22)(H,19,20,24). The summed E-state index contributed by atoms with van der Waals surface area (Å²) in [6.45, 7) is 3.38. The number of nitrogens with zero attached hydrogens (tertiary/aromatic N) is 2. The minimum atomic E-state index is -0.586. The molecule has 0 radical (unpaired) electrons. The number of anilines is 2. The Hall–Kier alpha value is -2.92. The van der Waals surface area contributed by atoms with Gasteiger partial charge in [0.2, 0.25) is 11.0 Å². The van der Waals surface area contributed by atoms with Gasteiger partial charge in [0.25, 0.3) is 0 Å². The number of rotatable bonds is 6. The summed E-state index contributed by atoms with van der Waals surface area (Å²) in [6.07, 6.45) is -0.586. The molecule has 2 aromatic heterocycles. The summed E-state index contributed by atoms with van der Waals surface area (Å²) in [5.41, 5.74) is 1.22. The predicted octanol–water partition coefficient (Wildman–Crippen LogP) is 3.46. The van der Waals surface area contributed by atoms with Crippen molar-refractivity contribution >= 4 is 56.9 Å². The lowest BCUT2D eigenvalue weighted by atomic mass is 10.1. The van der Waals surface area contributed by atoms with Crippen LogP contribution in [0.2, 0.25) is 0 Å². The van der Waals surface area contributed by atoms with E-state index in [1.54, 1.807) is 25.1 Å². The molecule has 146 valence electrons. The molecule has 28 heavy (non-hydrogen) atoms. The van der Waals surface area contributed by atoms with Crippen LogP contribution < -0.4 is 16.3 Å². The van der Waals surface area contributed by atoms with Crippen LogP contribution in [0, 0.1) is 0 Å². The van der Waals surface area contributed by atoms with Crippen LogP contribution in [-0.4, -0.2) is 28.8 Å². The van der Waals surface area contributed by atoms with Crippen LogP contribution in [0.15, 0.2) is 37.8 Å². The highest BCUT2D eigenvalue weighted by Gasteiger charge is 2.12. The second-order valence-electron chi connectivity index (χ2n) is 5.49. The Morgan fingerprint density at radius 2 is 2.07 bits per heavy atom. The van der Waals surface area contributed by atoms with E-state index in [0.717, 1.165) is 10.9 Å². The summed E-state index contributed by atoms with van der Waals surface area (Å²) in [5.74, 6) is 0.243. The van der Waals surface area contributed by atoms with E-state index in [4.69, 9.17) is 9.15 Å². The number of benzene rings is 1. The third-order valence-electron chi connectivity index (χ3n) is 3.39. The van der Waals surface area contributed by atoms with Crippen LogP contribution in [0.5, 0.6) is 0 Å². The van der Waals surface area contributed by atoms with Gasteiger partial charge in [-0.2, -0.15) is 0 Å². The Kier molecular flexibility index (Phi) is 6.26. The third kappa shape index (κ3) is 5.08. The molecule has 0 bridgehead atoms. The second kappa shape index (κ2) is 8.85. The summed E-state index contributed by atoms with van der Waals surface area (Å²) in [7, 11) is 0. The molecule has 2 N–H and O–H groups in total. The Bertz CT molecular complexity index is 1080. The third-order valence-corrected chi connectivity index (χ3v) is 5.41. The van der Waals surface area contributed by atoms with Crippen LogP contribution in [0.3, 0.4) is 0 Å². The number of hydrogen-bond acceptors (Lipinski definition) is 9. The van der Waals surface area contributed by atoms with Crippen molar-refractivity contribution < 1.29 is 18.7 Å². The fraction of sp³-hybridized carbons (Fsp3) is 0.235. The SMILES string of the molecule is CCOC(=O)Nc1nnc(SCc2cc(=O)oc3cc(NC(C)=O)ccc23)s1. The van der Waals surface area contributed by atoms with E-state index in [1.807, 2.05) is 0 Å². The minimum Gasteiger partial charge on any atom is -0.450 e. The van der Waals surface area contributed by atoms with Gasteiger partial charge in [0.05, 0.1) is 6.61 Å². The van der Waals surface area contributed by atoms with Crippen molar-refractivity contribution in [2.45, 2.75) is 23.9 Å². The fourth-order valence-electron chi connectivity index (χ4n) is 2.34. The number of nitrogens with one attached hydrogen (secondary N) is 2. The van der Waals surface area contributed by atoms with Crippen LogP contribution in [-0.2, 0) is 15.3 Å². The highest BCUT2D eigenvalue weighted by Crippen LogP contribution is 2.31. The summed E-state index contributed by atoms with van der Waals surface area (Å²) in [4.78, 5) is 34.5. The predicted molar refractivity (Wildman–Crippen MR) is 107 cm³/mol. The second-order valence-corrected chi connectivity index (χ2v) is 7.69. The molecule has 3 aromatic rings. The van der Waals surface area contributed by atoms with Gasteiger partial charge < -0.3 is 14.5 Å². The van der Waals surface area contributed by atoms with Crippen LogP contribution in [0.25, 0.3) is 11.0 Å². The topological polar surface area (TPSA) is 123 Å². The van der Waals surface area contributed by atoms with Crippen molar-refractivity contribution in [2.24, 2.45) is 0 Å². The lowest BCUT2D eigenvalue weighted by molar-refractivity contribution is -0.114. The summed E-state index contributed by atoms with van der Waals surface area (Å²) in [5, 5.41) is 14.1. The van der Waals surface area contributed by atoms with Gasteiger partial charge in [-0.15, -0.1) is 10.2 Å². The molecule has 3 rings (SSSR count). The first-order chi connectivity index (χ1) is 13.4. The molecule has 11 heteroatoms. The maximum absolute atomic E-state index is 11.9. The van der Waals surface area contributed by atoms with Crippen molar-refractivity contribution in [1.82, 2.24) is 10.2 Å². The first-order valence-corrected chi connectivity index (χ1v) is 9.99. The number of aromatic nitrogens is 2. The molecule has 0 unspecified atom stereocenters. The van der Waals surface area contributed by atoms with E-state index in [9.17, 15) is 14.4 Å². The van der Waals surface area contributed by atoms with Gasteiger partial charge in [-0.1, -0.05) is 23.1 Å². The smallest absolute Gasteiger partial charge is 0.413 e. The molecular formula is C17H16N4O5S2. The van der Waals surface area contributed by atoms with Crippen LogP contribution >= 0.6 is 23.1 Å². The Morgan fingerprint density at radius 3 is 2.82 bits per heavy atom. The van der Waals surface area contributed by atoms with E-state index in [1.165, 1.54) is 36.1 Å². The average Bonchev–Trinajstić information content (AvgIpc) is 3.06.